The van der Waals surface area contributed by atoms with Crippen molar-refractivity contribution in [1.29, 1.82) is 0 Å². The van der Waals surface area contributed by atoms with Gasteiger partial charge in [-0.15, -0.1) is 0 Å². The first-order valence-corrected chi connectivity index (χ1v) is 9.12. The van der Waals surface area contributed by atoms with Crippen LogP contribution < -0.4 is 0 Å². The third-order valence-corrected chi connectivity index (χ3v) is 4.85. The van der Waals surface area contributed by atoms with Crippen LogP contribution in [0, 0.1) is 5.92 Å². The van der Waals surface area contributed by atoms with Crippen molar-refractivity contribution in [3.8, 4) is 0 Å². The Morgan fingerprint density at radius 1 is 1.25 bits per heavy atom. The van der Waals surface area contributed by atoms with Crippen LogP contribution in [0.3, 0.4) is 0 Å². The summed E-state index contributed by atoms with van der Waals surface area (Å²) in [6.45, 7) is 1.77. The van der Waals surface area contributed by atoms with Gasteiger partial charge in [-0.05, 0) is 43.9 Å². The van der Waals surface area contributed by atoms with E-state index in [4.69, 9.17) is 0 Å². The van der Waals surface area contributed by atoms with Gasteiger partial charge in [0.15, 0.2) is 0 Å². The second-order valence-corrected chi connectivity index (χ2v) is 6.97. The molecule has 1 aromatic rings. The molecule has 1 fully saturated rings. The quantitative estimate of drug-likeness (QED) is 0.487. The van der Waals surface area contributed by atoms with Crippen LogP contribution in [0.4, 0.5) is 26.3 Å². The standard InChI is InChI=1S/C19H23F6NO2/c1-2-28-17(27)10-16(19(23,24)25)12-26-8-4-6-14(11-26)13-5-3-7-15(9-13)18(20,21)22/h3,5,7,9,14,16H,2,4,6,8,10-12H2,1H3/t14-,16-/m0/s1. The van der Waals surface area contributed by atoms with Crippen molar-refractivity contribution in [2.75, 3.05) is 26.2 Å². The van der Waals surface area contributed by atoms with E-state index >= 15 is 0 Å². The molecule has 3 nitrogen and oxygen atoms in total. The van der Waals surface area contributed by atoms with E-state index < -0.39 is 36.2 Å². The van der Waals surface area contributed by atoms with E-state index in [1.165, 1.54) is 13.0 Å². The predicted molar refractivity (Wildman–Crippen MR) is 90.7 cm³/mol. The van der Waals surface area contributed by atoms with E-state index in [-0.39, 0.29) is 25.6 Å². The van der Waals surface area contributed by atoms with Gasteiger partial charge in [-0.1, -0.05) is 18.2 Å². The average molecular weight is 411 g/mol. The SMILES string of the molecule is CCOC(=O)C[C@@H](CN1CCC[C@H](c2cccc(C(F)(F)F)c2)C1)C(F)(F)F. The normalized spacial score (nSPS) is 20.0. The van der Waals surface area contributed by atoms with Crippen LogP contribution in [0.15, 0.2) is 24.3 Å². The Kier molecular flexibility index (Phi) is 7.36. The summed E-state index contributed by atoms with van der Waals surface area (Å²) < 4.78 is 83.3. The number of alkyl halides is 6. The third kappa shape index (κ3) is 6.39. The van der Waals surface area contributed by atoms with Gasteiger partial charge in [-0.3, -0.25) is 4.79 Å². The lowest BCUT2D eigenvalue weighted by molar-refractivity contribution is -0.188. The van der Waals surface area contributed by atoms with Crippen LogP contribution in [0.5, 0.6) is 0 Å². The number of hydrogen-bond donors (Lipinski definition) is 0. The van der Waals surface area contributed by atoms with Crippen molar-refractivity contribution in [3.05, 3.63) is 35.4 Å². The monoisotopic (exact) mass is 411 g/mol. The number of hydrogen-bond acceptors (Lipinski definition) is 3. The molecule has 0 saturated carbocycles. The number of likely N-dealkylation sites (tertiary alicyclic amines) is 1. The Hall–Kier alpha value is -1.77. The van der Waals surface area contributed by atoms with E-state index in [1.807, 2.05) is 0 Å². The number of esters is 1. The number of ether oxygens (including phenoxy) is 1. The fraction of sp³-hybridized carbons (Fsp3) is 0.632. The Morgan fingerprint density at radius 2 is 1.96 bits per heavy atom. The maximum Gasteiger partial charge on any atom is 0.416 e. The zero-order chi connectivity index (χ0) is 20.9. The first kappa shape index (κ1) is 22.5. The molecule has 9 heteroatoms. The lowest BCUT2D eigenvalue weighted by Gasteiger charge is -2.35. The second kappa shape index (κ2) is 9.15. The zero-order valence-corrected chi connectivity index (χ0v) is 15.4. The highest BCUT2D eigenvalue weighted by Gasteiger charge is 2.42. The molecule has 0 aromatic heterocycles. The maximum atomic E-state index is 13.3. The van der Waals surface area contributed by atoms with E-state index in [2.05, 4.69) is 4.74 Å². The summed E-state index contributed by atoms with van der Waals surface area (Å²) in [5.41, 5.74) is -0.300. The number of carbonyl (C=O) groups excluding carboxylic acids is 1. The van der Waals surface area contributed by atoms with Crippen LogP contribution in [0.1, 0.15) is 43.2 Å². The lowest BCUT2D eigenvalue weighted by Crippen LogP contribution is -2.42. The lowest BCUT2D eigenvalue weighted by atomic mass is 9.89. The fourth-order valence-electron chi connectivity index (χ4n) is 3.48. The smallest absolute Gasteiger partial charge is 0.416 e. The van der Waals surface area contributed by atoms with Gasteiger partial charge in [0.2, 0.25) is 0 Å². The van der Waals surface area contributed by atoms with Gasteiger partial charge in [0.25, 0.3) is 0 Å². The Balaban J connectivity index is 2.08. The van der Waals surface area contributed by atoms with Crippen molar-refractivity contribution >= 4 is 5.97 Å². The van der Waals surface area contributed by atoms with Crippen molar-refractivity contribution in [1.82, 2.24) is 4.90 Å². The van der Waals surface area contributed by atoms with Crippen LogP contribution >= 0.6 is 0 Å². The van der Waals surface area contributed by atoms with E-state index in [0.717, 1.165) is 12.1 Å². The topological polar surface area (TPSA) is 29.5 Å². The second-order valence-electron chi connectivity index (χ2n) is 6.97. The van der Waals surface area contributed by atoms with Crippen LogP contribution in [0.25, 0.3) is 0 Å². The van der Waals surface area contributed by atoms with Crippen molar-refractivity contribution in [2.45, 2.75) is 44.5 Å². The minimum Gasteiger partial charge on any atom is -0.466 e. The van der Waals surface area contributed by atoms with Gasteiger partial charge >= 0.3 is 18.3 Å². The summed E-state index contributed by atoms with van der Waals surface area (Å²) in [4.78, 5) is 13.1. The van der Waals surface area contributed by atoms with Gasteiger partial charge in [0, 0.05) is 13.1 Å². The summed E-state index contributed by atoms with van der Waals surface area (Å²) >= 11 is 0. The first-order chi connectivity index (χ1) is 13.0. The summed E-state index contributed by atoms with van der Waals surface area (Å²) in [6, 6.07) is 4.93. The number of nitrogens with zero attached hydrogens (tertiary/aromatic N) is 1. The molecule has 0 bridgehead atoms. The molecule has 2 rings (SSSR count). The summed E-state index contributed by atoms with van der Waals surface area (Å²) in [6.07, 6.45) is -8.61. The number of halogens is 6. The zero-order valence-electron chi connectivity index (χ0n) is 15.4. The van der Waals surface area contributed by atoms with Gasteiger partial charge in [-0.2, -0.15) is 26.3 Å². The molecule has 0 radical (unpaired) electrons. The maximum absolute atomic E-state index is 13.3. The molecule has 0 spiro atoms. The number of benzene rings is 1. The summed E-state index contributed by atoms with van der Waals surface area (Å²) in [5.74, 6) is -3.06. The van der Waals surface area contributed by atoms with Gasteiger partial charge in [0.1, 0.15) is 0 Å². The highest BCUT2D eigenvalue weighted by atomic mass is 19.4. The van der Waals surface area contributed by atoms with E-state index in [9.17, 15) is 31.1 Å². The molecule has 1 aliphatic rings. The molecule has 0 unspecified atom stereocenters. The number of rotatable bonds is 6. The van der Waals surface area contributed by atoms with Crippen molar-refractivity contribution < 1.29 is 35.9 Å². The predicted octanol–water partition coefficient (Wildman–Crippen LogP) is 5.02. The highest BCUT2D eigenvalue weighted by Crippen LogP contribution is 2.35. The summed E-state index contributed by atoms with van der Waals surface area (Å²) in [5, 5.41) is 0. The molecule has 28 heavy (non-hydrogen) atoms. The van der Waals surface area contributed by atoms with Crippen LogP contribution in [-0.2, 0) is 15.7 Å². The molecule has 1 saturated heterocycles. The van der Waals surface area contributed by atoms with Crippen LogP contribution in [0.2, 0.25) is 0 Å². The largest absolute Gasteiger partial charge is 0.466 e. The van der Waals surface area contributed by atoms with E-state index in [0.29, 0.717) is 24.9 Å². The molecule has 0 N–H and O–H groups in total. The van der Waals surface area contributed by atoms with E-state index in [1.54, 1.807) is 11.0 Å². The Bertz CT molecular complexity index is 659. The summed E-state index contributed by atoms with van der Waals surface area (Å²) in [7, 11) is 0. The Morgan fingerprint density at radius 3 is 2.57 bits per heavy atom. The minimum absolute atomic E-state index is 0.00471. The van der Waals surface area contributed by atoms with Gasteiger partial charge in [-0.25, -0.2) is 0 Å². The molecule has 158 valence electrons. The number of carbonyl (C=O) groups is 1. The third-order valence-electron chi connectivity index (χ3n) is 4.85. The average Bonchev–Trinajstić information content (AvgIpc) is 2.60. The molecule has 1 heterocycles. The number of piperidine rings is 1. The van der Waals surface area contributed by atoms with Crippen LogP contribution in [-0.4, -0.2) is 43.3 Å². The van der Waals surface area contributed by atoms with Crippen molar-refractivity contribution in [3.63, 3.8) is 0 Å². The Labute approximate surface area is 159 Å². The molecule has 1 aromatic carbocycles. The van der Waals surface area contributed by atoms with Gasteiger partial charge in [0.05, 0.1) is 24.5 Å². The molecule has 1 aliphatic heterocycles. The highest BCUT2D eigenvalue weighted by molar-refractivity contribution is 5.69. The van der Waals surface area contributed by atoms with Gasteiger partial charge < -0.3 is 9.64 Å². The fourth-order valence-corrected chi connectivity index (χ4v) is 3.48. The molecule has 0 aliphatic carbocycles. The first-order valence-electron chi connectivity index (χ1n) is 9.12. The minimum atomic E-state index is -4.56. The van der Waals surface area contributed by atoms with Crippen molar-refractivity contribution in [2.24, 2.45) is 5.92 Å². The molecular formula is C19H23F6NO2. The molecular weight excluding hydrogens is 388 g/mol. The molecule has 0 amide bonds. The molecule has 2 atom stereocenters.